The number of benzene rings is 3. The maximum absolute atomic E-state index is 13.6. The number of aromatic carboxylic acids is 1. The van der Waals surface area contributed by atoms with Crippen molar-refractivity contribution in [2.45, 2.75) is 25.1 Å². The lowest BCUT2D eigenvalue weighted by Gasteiger charge is -2.29. The number of carboxylic acids is 1. The van der Waals surface area contributed by atoms with Gasteiger partial charge in [0, 0.05) is 37.7 Å². The third-order valence-electron chi connectivity index (χ3n) is 6.45. The van der Waals surface area contributed by atoms with E-state index in [9.17, 15) is 18.0 Å². The van der Waals surface area contributed by atoms with E-state index in [-0.39, 0.29) is 29.7 Å². The zero-order chi connectivity index (χ0) is 28.5. The Bertz CT molecular complexity index is 1360. The van der Waals surface area contributed by atoms with Crippen LogP contribution in [0.5, 0.6) is 5.75 Å². The Morgan fingerprint density at radius 2 is 1.62 bits per heavy atom. The van der Waals surface area contributed by atoms with Gasteiger partial charge in [0.15, 0.2) is 0 Å². The number of carbonyl (C=O) groups is 1. The molecule has 0 aromatic heterocycles. The zero-order valence-corrected chi connectivity index (χ0v) is 22.3. The molecule has 4 aromatic carbocycles. The van der Waals surface area contributed by atoms with Crippen LogP contribution < -0.4 is 4.74 Å². The Labute approximate surface area is 236 Å². The number of carboxylic acid groups (broad SMARTS) is 1. The summed E-state index contributed by atoms with van der Waals surface area (Å²) >= 11 is 6.26. The maximum Gasteiger partial charge on any atom is 0.417 e. The Balaban J connectivity index is 1.56. The monoisotopic (exact) mass is 565 g/mol. The molecule has 0 saturated carbocycles. The highest BCUT2D eigenvalue weighted by molar-refractivity contribution is 6.32. The van der Waals surface area contributed by atoms with Crippen LogP contribution in [0.3, 0.4) is 0 Å². The van der Waals surface area contributed by atoms with Crippen molar-refractivity contribution >= 4 is 17.6 Å². The largest absolute Gasteiger partial charge is 0.493 e. The van der Waals surface area contributed by atoms with E-state index in [4.69, 9.17) is 21.4 Å². The summed E-state index contributed by atoms with van der Waals surface area (Å²) in [6.45, 7) is 1.50. The molecule has 0 aliphatic heterocycles. The van der Waals surface area contributed by atoms with Crippen LogP contribution in [0, 0.1) is 12.1 Å². The summed E-state index contributed by atoms with van der Waals surface area (Å²) in [7, 11) is 0. The van der Waals surface area contributed by atoms with Gasteiger partial charge in [-0.05, 0) is 29.2 Å². The second kappa shape index (κ2) is 13.4. The third kappa shape index (κ3) is 7.78. The van der Waals surface area contributed by atoms with Gasteiger partial charge in [0.05, 0.1) is 17.2 Å². The summed E-state index contributed by atoms with van der Waals surface area (Å²) in [6.07, 6.45) is -4.02. The predicted octanol–water partition coefficient (Wildman–Crippen LogP) is 7.76. The molecule has 0 saturated heterocycles. The minimum atomic E-state index is -4.55. The van der Waals surface area contributed by atoms with Crippen LogP contribution in [0.1, 0.15) is 45.0 Å². The fourth-order valence-electron chi connectivity index (χ4n) is 4.51. The van der Waals surface area contributed by atoms with E-state index in [2.05, 4.69) is 17.0 Å². The summed E-state index contributed by atoms with van der Waals surface area (Å²) < 4.78 is 46.4. The lowest BCUT2D eigenvalue weighted by Crippen LogP contribution is -2.31. The fraction of sp³-hybridized carbons (Fsp3) is 0.219. The van der Waals surface area contributed by atoms with Crippen molar-refractivity contribution in [3.63, 3.8) is 0 Å². The Morgan fingerprint density at radius 1 is 0.975 bits per heavy atom. The van der Waals surface area contributed by atoms with Gasteiger partial charge in [-0.3, -0.25) is 4.90 Å². The number of rotatable bonds is 12. The fourth-order valence-corrected chi connectivity index (χ4v) is 4.80. The number of nitrogens with zero attached hydrogens (tertiary/aromatic N) is 1. The third-order valence-corrected chi connectivity index (χ3v) is 6.89. The number of hydrogen-bond donors (Lipinski definition) is 1. The van der Waals surface area contributed by atoms with Gasteiger partial charge in [-0.15, -0.1) is 0 Å². The standard InChI is InChI=1S/C32H27ClF3NO3/c33-30-26(15-8-17-29(30)32(34,35)36)21-37(18-9-19-40-27-16-7-14-25(20-27)31(38)39)22-28(23-10-3-1-4-11-23)24-12-5-2-6-13-24/h1-6,8,10-13,15-17,20,28H,9,18-19,21-22H2,(H,38,39). The molecule has 4 rings (SSSR count). The molecule has 0 amide bonds. The highest BCUT2D eigenvalue weighted by atomic mass is 35.5. The first-order chi connectivity index (χ1) is 19.2. The van der Waals surface area contributed by atoms with Crippen molar-refractivity contribution in [2.24, 2.45) is 0 Å². The van der Waals surface area contributed by atoms with Crippen LogP contribution in [0.4, 0.5) is 13.2 Å². The second-order valence-corrected chi connectivity index (χ2v) is 9.64. The smallest absolute Gasteiger partial charge is 0.417 e. The molecule has 0 aliphatic rings. The summed E-state index contributed by atoms with van der Waals surface area (Å²) in [4.78, 5) is 13.3. The van der Waals surface area contributed by atoms with Gasteiger partial charge in [0.25, 0.3) is 0 Å². The van der Waals surface area contributed by atoms with Gasteiger partial charge in [0.2, 0.25) is 0 Å². The van der Waals surface area contributed by atoms with Gasteiger partial charge in [-0.1, -0.05) is 96.5 Å². The molecule has 0 bridgehead atoms. The average Bonchev–Trinajstić information content (AvgIpc) is 2.95. The zero-order valence-electron chi connectivity index (χ0n) is 21.5. The van der Waals surface area contributed by atoms with Gasteiger partial charge >= 0.3 is 12.1 Å². The van der Waals surface area contributed by atoms with E-state index in [1.807, 2.05) is 60.7 Å². The Morgan fingerprint density at radius 3 is 2.23 bits per heavy atom. The lowest BCUT2D eigenvalue weighted by molar-refractivity contribution is -0.137. The molecular weight excluding hydrogens is 539 g/mol. The van der Waals surface area contributed by atoms with Crippen LogP contribution in [0.25, 0.3) is 0 Å². The summed E-state index contributed by atoms with van der Waals surface area (Å²) in [5.41, 5.74) is 1.65. The van der Waals surface area contributed by atoms with E-state index < -0.39 is 17.7 Å². The van der Waals surface area contributed by atoms with Crippen molar-refractivity contribution in [3.8, 4) is 5.75 Å². The van der Waals surface area contributed by atoms with Gasteiger partial charge in [-0.25, -0.2) is 4.79 Å². The molecule has 4 aromatic rings. The van der Waals surface area contributed by atoms with E-state index in [0.29, 0.717) is 30.8 Å². The Kier molecular flexibility index (Phi) is 9.70. The van der Waals surface area contributed by atoms with Crippen molar-refractivity contribution in [1.82, 2.24) is 4.90 Å². The van der Waals surface area contributed by atoms with Crippen molar-refractivity contribution < 1.29 is 27.8 Å². The number of alkyl halides is 3. The molecule has 4 nitrogen and oxygen atoms in total. The predicted molar refractivity (Wildman–Crippen MR) is 148 cm³/mol. The van der Waals surface area contributed by atoms with Crippen molar-refractivity contribution in [3.05, 3.63) is 136 Å². The van der Waals surface area contributed by atoms with Crippen LogP contribution in [-0.2, 0) is 12.7 Å². The summed E-state index contributed by atoms with van der Waals surface area (Å²) in [6, 6.07) is 31.9. The lowest BCUT2D eigenvalue weighted by atomic mass is 9.90. The van der Waals surface area contributed by atoms with E-state index in [0.717, 1.165) is 17.2 Å². The van der Waals surface area contributed by atoms with Crippen LogP contribution in [0.15, 0.2) is 91.0 Å². The molecule has 0 atom stereocenters. The highest BCUT2D eigenvalue weighted by Gasteiger charge is 2.34. The topological polar surface area (TPSA) is 49.8 Å². The first kappa shape index (κ1) is 29.0. The molecule has 0 radical (unpaired) electrons. The minimum absolute atomic E-state index is 0.0368. The molecule has 0 heterocycles. The first-order valence-corrected chi connectivity index (χ1v) is 13.1. The maximum atomic E-state index is 13.6. The summed E-state index contributed by atoms with van der Waals surface area (Å²) in [5, 5.41) is 8.86. The quantitative estimate of drug-likeness (QED) is 0.178. The molecule has 40 heavy (non-hydrogen) atoms. The SMILES string of the molecule is O=C(O)c1c#ccc(OCCCN(Cc2cccc(C(F)(F)F)c2Cl)CC(c2ccccc2)c2ccccc2)c1. The summed E-state index contributed by atoms with van der Waals surface area (Å²) in [5.74, 6) is -0.806. The molecule has 0 unspecified atom stereocenters. The molecular formula is C32H27ClF3NO3. The molecule has 0 fully saturated rings. The molecule has 0 aliphatic carbocycles. The number of halogens is 4. The molecule has 0 spiro atoms. The number of hydrogen-bond acceptors (Lipinski definition) is 3. The molecule has 206 valence electrons. The Hall–Kier alpha value is -3.99. The number of ether oxygens (including phenoxy) is 1. The van der Waals surface area contributed by atoms with E-state index in [1.54, 1.807) is 6.07 Å². The van der Waals surface area contributed by atoms with E-state index in [1.165, 1.54) is 18.2 Å². The van der Waals surface area contributed by atoms with Gasteiger partial charge < -0.3 is 9.84 Å². The first-order valence-electron chi connectivity index (χ1n) is 12.7. The minimum Gasteiger partial charge on any atom is -0.493 e. The average molecular weight is 566 g/mol. The van der Waals surface area contributed by atoms with Crippen molar-refractivity contribution in [2.75, 3.05) is 19.7 Å². The molecule has 8 heteroatoms. The van der Waals surface area contributed by atoms with Crippen molar-refractivity contribution in [1.29, 1.82) is 0 Å². The van der Waals surface area contributed by atoms with E-state index >= 15 is 0 Å². The van der Waals surface area contributed by atoms with Gasteiger partial charge in [-0.2, -0.15) is 13.2 Å². The van der Waals surface area contributed by atoms with Gasteiger partial charge in [0.1, 0.15) is 11.3 Å². The highest BCUT2D eigenvalue weighted by Crippen LogP contribution is 2.37. The van der Waals surface area contributed by atoms with Crippen LogP contribution in [-0.4, -0.2) is 35.7 Å². The second-order valence-electron chi connectivity index (χ2n) is 9.27. The molecule has 1 N–H and O–H groups in total. The normalized spacial score (nSPS) is 11.4. The van der Waals surface area contributed by atoms with Crippen LogP contribution >= 0.6 is 11.6 Å². The van der Waals surface area contributed by atoms with Crippen LogP contribution in [0.2, 0.25) is 5.02 Å².